The summed E-state index contributed by atoms with van der Waals surface area (Å²) >= 11 is 0. The van der Waals surface area contributed by atoms with Gasteiger partial charge in [0.1, 0.15) is 4.90 Å². The molecule has 2 aromatic rings. The van der Waals surface area contributed by atoms with Crippen LogP contribution >= 0.6 is 0 Å². The molecule has 0 aliphatic heterocycles. The minimum atomic E-state index is -3.78. The third-order valence-electron chi connectivity index (χ3n) is 2.78. The number of hydrogen-bond donors (Lipinski definition) is 1. The number of amides is 1. The van der Waals surface area contributed by atoms with Gasteiger partial charge in [-0.05, 0) is 25.1 Å². The van der Waals surface area contributed by atoms with Gasteiger partial charge in [-0.3, -0.25) is 4.79 Å². The largest absolute Gasteiger partial charge is 0.343 e. The lowest BCUT2D eigenvalue weighted by atomic mass is 10.3. The van der Waals surface area contributed by atoms with Crippen molar-refractivity contribution in [3.05, 3.63) is 35.8 Å². The van der Waals surface area contributed by atoms with Gasteiger partial charge < -0.3 is 4.90 Å². The predicted molar refractivity (Wildman–Crippen MR) is 75.5 cm³/mol. The fourth-order valence-electron chi connectivity index (χ4n) is 1.71. The van der Waals surface area contributed by atoms with Gasteiger partial charge in [0, 0.05) is 26.0 Å². The predicted octanol–water partition coefficient (Wildman–Crippen LogP) is -0.0751. The van der Waals surface area contributed by atoms with Crippen LogP contribution in [0.25, 0.3) is 5.82 Å². The zero-order valence-electron chi connectivity index (χ0n) is 11.8. The second-order valence-electron chi connectivity index (χ2n) is 4.68. The van der Waals surface area contributed by atoms with Crippen LogP contribution in [0.4, 0.5) is 0 Å². The van der Waals surface area contributed by atoms with E-state index in [0.717, 1.165) is 6.20 Å². The van der Waals surface area contributed by atoms with E-state index in [9.17, 15) is 13.2 Å². The van der Waals surface area contributed by atoms with E-state index in [1.54, 1.807) is 27.1 Å². The third-order valence-corrected chi connectivity index (χ3v) is 3.68. The number of aryl methyl sites for hydroxylation is 1. The lowest BCUT2D eigenvalue weighted by Gasteiger charge is -2.07. The number of pyridine rings is 1. The molecule has 2 aromatic heterocycles. The number of rotatable bonds is 3. The molecule has 9 heteroatoms. The molecule has 0 saturated heterocycles. The van der Waals surface area contributed by atoms with Crippen molar-refractivity contribution in [3.63, 3.8) is 0 Å². The number of nitrogens with two attached hydrogens (primary N) is 1. The molecule has 0 aliphatic carbocycles. The molecule has 112 valence electrons. The van der Waals surface area contributed by atoms with Crippen molar-refractivity contribution < 1.29 is 13.2 Å². The molecule has 2 N–H and O–H groups in total. The molecule has 0 radical (unpaired) electrons. The van der Waals surface area contributed by atoms with Crippen molar-refractivity contribution >= 4 is 15.9 Å². The van der Waals surface area contributed by atoms with Gasteiger partial charge in [-0.25, -0.2) is 23.2 Å². The highest BCUT2D eigenvalue weighted by Crippen LogP contribution is 2.13. The van der Waals surface area contributed by atoms with Crippen molar-refractivity contribution in [1.82, 2.24) is 19.7 Å². The summed E-state index contributed by atoms with van der Waals surface area (Å²) in [5.74, 6) is 0.177. The highest BCUT2D eigenvalue weighted by atomic mass is 32.2. The van der Waals surface area contributed by atoms with Gasteiger partial charge in [0.15, 0.2) is 11.5 Å². The molecule has 2 heterocycles. The zero-order valence-corrected chi connectivity index (χ0v) is 12.6. The summed E-state index contributed by atoms with van der Waals surface area (Å²) in [6.45, 7) is 1.77. The molecule has 0 bridgehead atoms. The van der Waals surface area contributed by atoms with Crippen molar-refractivity contribution in [2.24, 2.45) is 5.14 Å². The second kappa shape index (κ2) is 5.26. The Labute approximate surface area is 122 Å². The fourth-order valence-corrected chi connectivity index (χ4v) is 2.16. The van der Waals surface area contributed by atoms with Gasteiger partial charge in [-0.2, -0.15) is 5.10 Å². The quantitative estimate of drug-likeness (QED) is 0.852. The maximum Gasteiger partial charge on any atom is 0.273 e. The topological polar surface area (TPSA) is 111 Å². The highest BCUT2D eigenvalue weighted by Gasteiger charge is 2.16. The molecular formula is C12H15N5O3S. The number of aromatic nitrogens is 3. The second-order valence-corrected chi connectivity index (χ2v) is 6.24. The Kier molecular flexibility index (Phi) is 3.79. The Balaban J connectivity index is 2.41. The third kappa shape index (κ3) is 3.09. The number of nitrogens with zero attached hydrogens (tertiary/aromatic N) is 4. The van der Waals surface area contributed by atoms with E-state index in [1.807, 2.05) is 0 Å². The van der Waals surface area contributed by atoms with Crippen LogP contribution in [0.3, 0.4) is 0 Å². The smallest absolute Gasteiger partial charge is 0.273 e. The number of sulfonamides is 1. The highest BCUT2D eigenvalue weighted by molar-refractivity contribution is 7.89. The molecule has 2 rings (SSSR count). The molecule has 1 amide bonds. The first-order chi connectivity index (χ1) is 9.70. The summed E-state index contributed by atoms with van der Waals surface area (Å²) in [6.07, 6.45) is 1.15. The Morgan fingerprint density at radius 1 is 1.33 bits per heavy atom. The lowest BCUT2D eigenvalue weighted by Crippen LogP contribution is -2.22. The summed E-state index contributed by atoms with van der Waals surface area (Å²) < 4.78 is 23.8. The average Bonchev–Trinajstić information content (AvgIpc) is 2.79. The van der Waals surface area contributed by atoms with Crippen LogP contribution in [0, 0.1) is 6.92 Å². The molecule has 0 aromatic carbocycles. The van der Waals surface area contributed by atoms with Crippen molar-refractivity contribution in [1.29, 1.82) is 0 Å². The van der Waals surface area contributed by atoms with Crippen LogP contribution in [0.2, 0.25) is 0 Å². The number of carbonyl (C=O) groups excluding carboxylic acids is 1. The summed E-state index contributed by atoms with van der Waals surface area (Å²) in [6, 6.07) is 4.45. The van der Waals surface area contributed by atoms with E-state index in [-0.39, 0.29) is 16.5 Å². The minimum Gasteiger partial charge on any atom is -0.343 e. The molecule has 0 unspecified atom stereocenters. The summed E-state index contributed by atoms with van der Waals surface area (Å²) in [5.41, 5.74) is 0.992. The fraction of sp³-hybridized carbons (Fsp3) is 0.250. The van der Waals surface area contributed by atoms with Gasteiger partial charge in [-0.15, -0.1) is 0 Å². The normalized spacial score (nSPS) is 11.4. The van der Waals surface area contributed by atoms with Gasteiger partial charge in [0.2, 0.25) is 10.0 Å². The van der Waals surface area contributed by atoms with Crippen LogP contribution in [0.15, 0.2) is 29.3 Å². The van der Waals surface area contributed by atoms with Crippen molar-refractivity contribution in [2.75, 3.05) is 14.1 Å². The number of primary sulfonamides is 1. The van der Waals surface area contributed by atoms with E-state index in [0.29, 0.717) is 11.5 Å². The molecule has 0 fully saturated rings. The van der Waals surface area contributed by atoms with Crippen LogP contribution < -0.4 is 5.14 Å². The van der Waals surface area contributed by atoms with Crippen LogP contribution in [0.5, 0.6) is 0 Å². The van der Waals surface area contributed by atoms with E-state index < -0.39 is 10.0 Å². The number of carbonyl (C=O) groups is 1. The lowest BCUT2D eigenvalue weighted by molar-refractivity contribution is 0.0821. The summed E-state index contributed by atoms with van der Waals surface area (Å²) in [7, 11) is -0.515. The molecule has 0 saturated carbocycles. The first-order valence-electron chi connectivity index (χ1n) is 5.97. The Morgan fingerprint density at radius 2 is 2.00 bits per heavy atom. The zero-order chi connectivity index (χ0) is 15.8. The Hall–Kier alpha value is -2.26. The Morgan fingerprint density at radius 3 is 2.48 bits per heavy atom. The first-order valence-corrected chi connectivity index (χ1v) is 7.52. The van der Waals surface area contributed by atoms with Gasteiger partial charge in [0.05, 0.1) is 0 Å². The molecule has 0 aliphatic rings. The van der Waals surface area contributed by atoms with E-state index in [1.165, 1.54) is 21.7 Å². The van der Waals surface area contributed by atoms with Gasteiger partial charge in [0.25, 0.3) is 5.91 Å². The molecule has 0 atom stereocenters. The van der Waals surface area contributed by atoms with Crippen molar-refractivity contribution in [2.45, 2.75) is 11.8 Å². The molecule has 8 nitrogen and oxygen atoms in total. The molecule has 21 heavy (non-hydrogen) atoms. The monoisotopic (exact) mass is 309 g/mol. The maximum atomic E-state index is 11.9. The van der Waals surface area contributed by atoms with Gasteiger partial charge >= 0.3 is 0 Å². The first kappa shape index (κ1) is 15.1. The van der Waals surface area contributed by atoms with Crippen LogP contribution in [-0.4, -0.2) is 48.1 Å². The van der Waals surface area contributed by atoms with Gasteiger partial charge in [-0.1, -0.05) is 0 Å². The maximum absolute atomic E-state index is 11.9. The SMILES string of the molecule is Cc1cc(C(=O)N(C)C)nn1-c1ccc(S(N)(=O)=O)cn1. The van der Waals surface area contributed by atoms with E-state index in [2.05, 4.69) is 10.1 Å². The Bertz CT molecular complexity index is 778. The standard InChI is InChI=1S/C12H15N5O3S/c1-8-6-10(12(18)16(2)3)15-17(8)11-5-4-9(7-14-11)21(13,19)20/h4-7H,1-3H3,(H2,13,19,20). The van der Waals surface area contributed by atoms with E-state index >= 15 is 0 Å². The molecule has 0 spiro atoms. The summed E-state index contributed by atoms with van der Waals surface area (Å²) in [4.78, 5) is 17.2. The minimum absolute atomic E-state index is 0.0827. The number of hydrogen-bond acceptors (Lipinski definition) is 5. The molecular weight excluding hydrogens is 294 g/mol. The summed E-state index contributed by atoms with van der Waals surface area (Å²) in [5, 5.41) is 9.19. The van der Waals surface area contributed by atoms with Crippen LogP contribution in [0.1, 0.15) is 16.2 Å². The van der Waals surface area contributed by atoms with Crippen LogP contribution in [-0.2, 0) is 10.0 Å². The van der Waals surface area contributed by atoms with E-state index in [4.69, 9.17) is 5.14 Å². The average molecular weight is 309 g/mol. The van der Waals surface area contributed by atoms with Crippen molar-refractivity contribution in [3.8, 4) is 5.82 Å².